The number of nitrogens with zero attached hydrogens (tertiary/aromatic N) is 1. The van der Waals surface area contributed by atoms with Crippen LogP contribution in [0.15, 0.2) is 29.1 Å². The molecule has 0 aliphatic heterocycles. The van der Waals surface area contributed by atoms with Crippen LogP contribution in [0.25, 0.3) is 0 Å². The van der Waals surface area contributed by atoms with Crippen LogP contribution in [0.2, 0.25) is 5.02 Å². The van der Waals surface area contributed by atoms with E-state index < -0.39 is 12.0 Å². The fourth-order valence-electron chi connectivity index (χ4n) is 2.22. The van der Waals surface area contributed by atoms with E-state index in [1.807, 2.05) is 6.07 Å². The number of hydroxylamine groups is 1. The van der Waals surface area contributed by atoms with Crippen LogP contribution in [0, 0.1) is 10.5 Å². The van der Waals surface area contributed by atoms with Gasteiger partial charge >= 0.3 is 0 Å². The van der Waals surface area contributed by atoms with Gasteiger partial charge in [-0.05, 0) is 60.7 Å². The van der Waals surface area contributed by atoms with E-state index in [9.17, 15) is 14.7 Å². The number of carbonyl (C=O) groups excluding carboxylic acids is 1. The monoisotopic (exact) mass is 491 g/mol. The van der Waals surface area contributed by atoms with Crippen molar-refractivity contribution in [3.05, 3.63) is 54.3 Å². The van der Waals surface area contributed by atoms with E-state index in [1.165, 1.54) is 17.6 Å². The lowest BCUT2D eigenvalue weighted by Gasteiger charge is -2.17. The van der Waals surface area contributed by atoms with Gasteiger partial charge in [0.05, 0.1) is 22.4 Å². The highest BCUT2D eigenvalue weighted by Gasteiger charge is 2.18. The summed E-state index contributed by atoms with van der Waals surface area (Å²) in [4.78, 5) is 29.7. The van der Waals surface area contributed by atoms with Gasteiger partial charge in [-0.3, -0.25) is 19.0 Å². The number of pyridine rings is 1. The number of aliphatic hydroxyl groups is 1. The summed E-state index contributed by atoms with van der Waals surface area (Å²) >= 11 is 8.38. The summed E-state index contributed by atoms with van der Waals surface area (Å²) in [5.74, 6) is -0.268. The number of aryl methyl sites for hydroxylation is 1. The first-order valence-corrected chi connectivity index (χ1v) is 9.19. The molecule has 0 spiro atoms. The Morgan fingerprint density at radius 2 is 2.12 bits per heavy atom. The highest BCUT2D eigenvalue weighted by Crippen LogP contribution is 2.28. The van der Waals surface area contributed by atoms with Crippen molar-refractivity contribution < 1.29 is 14.7 Å². The lowest BCUT2D eigenvalue weighted by Crippen LogP contribution is -2.31. The maximum atomic E-state index is 12.5. The number of anilines is 2. The van der Waals surface area contributed by atoms with Crippen molar-refractivity contribution in [3.63, 3.8) is 0 Å². The minimum atomic E-state index is -0.722. The minimum Gasteiger partial charge on any atom is -0.391 e. The Hall–Kier alpha value is -1.62. The molecule has 9 heteroatoms. The number of halogens is 2. The van der Waals surface area contributed by atoms with E-state index in [-0.39, 0.29) is 23.5 Å². The Bertz CT molecular complexity index is 883. The predicted molar refractivity (Wildman–Crippen MR) is 109 cm³/mol. The highest BCUT2D eigenvalue weighted by molar-refractivity contribution is 14.1. The van der Waals surface area contributed by atoms with Gasteiger partial charge in [0.1, 0.15) is 12.4 Å². The van der Waals surface area contributed by atoms with Gasteiger partial charge in [-0.15, -0.1) is 0 Å². The fourth-order valence-corrected chi connectivity index (χ4v) is 3.12. The average molecular weight is 492 g/mol. The summed E-state index contributed by atoms with van der Waals surface area (Å²) in [6.45, 7) is 3.11. The Balaban J connectivity index is 2.41. The quantitative estimate of drug-likeness (QED) is 0.427. The zero-order valence-electron chi connectivity index (χ0n) is 14.5. The molecule has 0 aliphatic rings. The number of aliphatic hydroxyl groups excluding tert-OH is 1. The van der Waals surface area contributed by atoms with Crippen molar-refractivity contribution in [3.8, 4) is 0 Å². The summed E-state index contributed by atoms with van der Waals surface area (Å²) in [5, 5.41) is 12.7. The van der Waals surface area contributed by atoms with Gasteiger partial charge in [-0.25, -0.2) is 5.48 Å². The number of hydrogen-bond donors (Lipinski definition) is 3. The third-order valence-electron chi connectivity index (χ3n) is 3.51. The number of carbonyl (C=O) groups is 1. The number of rotatable bonds is 6. The van der Waals surface area contributed by atoms with Gasteiger partial charge in [-0.1, -0.05) is 11.6 Å². The molecule has 1 aromatic heterocycles. The van der Waals surface area contributed by atoms with Gasteiger partial charge in [0.15, 0.2) is 0 Å². The molecule has 0 aliphatic carbocycles. The van der Waals surface area contributed by atoms with Crippen LogP contribution in [-0.4, -0.2) is 28.3 Å². The molecule has 0 saturated carbocycles. The zero-order chi connectivity index (χ0) is 19.4. The van der Waals surface area contributed by atoms with Gasteiger partial charge in [0.25, 0.3) is 11.5 Å². The van der Waals surface area contributed by atoms with Crippen LogP contribution in [-0.2, 0) is 11.9 Å². The molecule has 3 N–H and O–H groups in total. The lowest BCUT2D eigenvalue weighted by atomic mass is 10.1. The second kappa shape index (κ2) is 8.85. The SMILES string of the molecule is Cc1cc(C(=O)NOC[C@H](C)O)c(Nc2ccc(I)cc2Cl)n(C)c1=O. The van der Waals surface area contributed by atoms with Crippen molar-refractivity contribution in [1.29, 1.82) is 0 Å². The molecule has 26 heavy (non-hydrogen) atoms. The molecular weight excluding hydrogens is 473 g/mol. The third kappa shape index (κ3) is 4.97. The summed E-state index contributed by atoms with van der Waals surface area (Å²) in [6.07, 6.45) is -0.722. The summed E-state index contributed by atoms with van der Waals surface area (Å²) in [6, 6.07) is 6.86. The first kappa shape index (κ1) is 20.7. The summed E-state index contributed by atoms with van der Waals surface area (Å²) in [7, 11) is 1.56. The predicted octanol–water partition coefficient (Wildman–Crippen LogP) is 2.74. The van der Waals surface area contributed by atoms with Crippen molar-refractivity contribution in [2.24, 2.45) is 7.05 Å². The van der Waals surface area contributed by atoms with E-state index in [0.717, 1.165) is 3.57 Å². The minimum absolute atomic E-state index is 0.0534. The Kier molecular flexibility index (Phi) is 7.04. The van der Waals surface area contributed by atoms with E-state index in [0.29, 0.717) is 16.3 Å². The van der Waals surface area contributed by atoms with Crippen LogP contribution in [0.1, 0.15) is 22.8 Å². The Labute approximate surface area is 169 Å². The van der Waals surface area contributed by atoms with Gasteiger partial charge < -0.3 is 10.4 Å². The topological polar surface area (TPSA) is 92.6 Å². The van der Waals surface area contributed by atoms with E-state index in [1.54, 1.807) is 26.1 Å². The molecule has 0 saturated heterocycles. The van der Waals surface area contributed by atoms with Crippen molar-refractivity contribution in [1.82, 2.24) is 10.0 Å². The first-order valence-electron chi connectivity index (χ1n) is 7.73. The standard InChI is InChI=1S/C17H19ClIN3O4/c1-9-6-12(16(24)21-26-8-10(2)23)15(22(3)17(9)25)20-14-5-4-11(19)7-13(14)18/h4-7,10,20,23H,8H2,1-3H3,(H,21,24)/t10-/m0/s1. The van der Waals surface area contributed by atoms with Gasteiger partial charge in [-0.2, -0.15) is 0 Å². The molecular formula is C17H19ClIN3O4. The Morgan fingerprint density at radius 3 is 2.73 bits per heavy atom. The van der Waals surface area contributed by atoms with E-state index in [2.05, 4.69) is 33.4 Å². The number of amides is 1. The molecule has 7 nitrogen and oxygen atoms in total. The molecule has 0 radical (unpaired) electrons. The number of nitrogens with one attached hydrogen (secondary N) is 2. The lowest BCUT2D eigenvalue weighted by molar-refractivity contribution is -0.00685. The van der Waals surface area contributed by atoms with Crippen molar-refractivity contribution >= 4 is 51.6 Å². The maximum absolute atomic E-state index is 12.5. The molecule has 0 fully saturated rings. The van der Waals surface area contributed by atoms with E-state index >= 15 is 0 Å². The van der Waals surface area contributed by atoms with Crippen LogP contribution in [0.4, 0.5) is 11.5 Å². The summed E-state index contributed by atoms with van der Waals surface area (Å²) in [5.41, 5.74) is 3.21. The summed E-state index contributed by atoms with van der Waals surface area (Å²) < 4.78 is 2.30. The molecule has 0 bridgehead atoms. The molecule has 1 atom stereocenters. The third-order valence-corrected chi connectivity index (χ3v) is 4.50. The largest absolute Gasteiger partial charge is 0.391 e. The highest BCUT2D eigenvalue weighted by atomic mass is 127. The smallest absolute Gasteiger partial charge is 0.278 e. The fraction of sp³-hybridized carbons (Fsp3) is 0.294. The zero-order valence-corrected chi connectivity index (χ0v) is 17.4. The number of aromatic nitrogens is 1. The molecule has 2 aromatic rings. The molecule has 1 heterocycles. The normalized spacial score (nSPS) is 11.9. The number of hydrogen-bond acceptors (Lipinski definition) is 5. The van der Waals surface area contributed by atoms with Crippen molar-refractivity contribution in [2.45, 2.75) is 20.0 Å². The number of benzene rings is 1. The van der Waals surface area contributed by atoms with Crippen LogP contribution >= 0.6 is 34.2 Å². The van der Waals surface area contributed by atoms with Crippen LogP contribution < -0.4 is 16.4 Å². The Morgan fingerprint density at radius 1 is 1.42 bits per heavy atom. The maximum Gasteiger partial charge on any atom is 0.278 e. The molecule has 1 aromatic carbocycles. The van der Waals surface area contributed by atoms with Crippen LogP contribution in [0.5, 0.6) is 0 Å². The van der Waals surface area contributed by atoms with Crippen molar-refractivity contribution in [2.75, 3.05) is 11.9 Å². The van der Waals surface area contributed by atoms with Gasteiger partial charge in [0, 0.05) is 16.2 Å². The first-order chi connectivity index (χ1) is 12.2. The molecule has 140 valence electrons. The second-order valence-electron chi connectivity index (χ2n) is 5.79. The molecule has 0 unspecified atom stereocenters. The second-order valence-corrected chi connectivity index (χ2v) is 7.45. The average Bonchev–Trinajstić information content (AvgIpc) is 2.56. The molecule has 2 rings (SSSR count). The van der Waals surface area contributed by atoms with E-state index in [4.69, 9.17) is 16.4 Å². The molecule has 1 amide bonds. The van der Waals surface area contributed by atoms with Crippen LogP contribution in [0.3, 0.4) is 0 Å². The van der Waals surface area contributed by atoms with Gasteiger partial charge in [0.2, 0.25) is 0 Å².